The van der Waals surface area contributed by atoms with Gasteiger partial charge in [0.05, 0.1) is 12.1 Å². The van der Waals surface area contributed by atoms with Crippen LogP contribution in [0.1, 0.15) is 23.6 Å². The van der Waals surface area contributed by atoms with Gasteiger partial charge in [-0.3, -0.25) is 4.79 Å². The minimum atomic E-state index is -0.203. The van der Waals surface area contributed by atoms with Crippen LogP contribution in [0.5, 0.6) is 5.75 Å². The summed E-state index contributed by atoms with van der Waals surface area (Å²) in [5, 5.41) is 15.0. The number of aryl methyl sites for hydroxylation is 1. The van der Waals surface area contributed by atoms with Crippen LogP contribution in [0, 0.1) is 6.92 Å². The summed E-state index contributed by atoms with van der Waals surface area (Å²) in [5.41, 5.74) is 6.67. The van der Waals surface area contributed by atoms with Crippen molar-refractivity contribution in [3.05, 3.63) is 65.4 Å². The first-order valence-corrected chi connectivity index (χ1v) is 7.72. The van der Waals surface area contributed by atoms with Crippen LogP contribution >= 0.6 is 0 Å². The summed E-state index contributed by atoms with van der Waals surface area (Å²) < 4.78 is 0. The molecule has 0 aliphatic rings. The molecule has 0 spiro atoms. The Bertz CT molecular complexity index is 925. The van der Waals surface area contributed by atoms with Gasteiger partial charge in [-0.1, -0.05) is 29.8 Å². The van der Waals surface area contributed by atoms with Gasteiger partial charge < -0.3 is 10.1 Å². The average Bonchev–Trinajstić information content (AvgIpc) is 2.98. The molecular weight excluding hydrogens is 302 g/mol. The molecule has 0 saturated carbocycles. The molecule has 1 amide bonds. The third kappa shape index (κ3) is 3.30. The number of nitrogens with one attached hydrogen (secondary N) is 2. The Morgan fingerprint density at radius 1 is 1.25 bits per heavy atom. The van der Waals surface area contributed by atoms with Crippen molar-refractivity contribution in [2.45, 2.75) is 20.3 Å². The van der Waals surface area contributed by atoms with Crippen molar-refractivity contribution in [2.75, 3.05) is 0 Å². The number of aromatic amines is 1. The first-order valence-electron chi connectivity index (χ1n) is 7.72. The minimum absolute atomic E-state index is 0.146. The normalized spacial score (nSPS) is 11.7. The van der Waals surface area contributed by atoms with E-state index in [-0.39, 0.29) is 18.1 Å². The number of aromatic hydroxyl groups is 1. The van der Waals surface area contributed by atoms with E-state index in [1.165, 1.54) is 0 Å². The average molecular weight is 321 g/mol. The molecule has 5 nitrogen and oxygen atoms in total. The Morgan fingerprint density at radius 2 is 2.04 bits per heavy atom. The van der Waals surface area contributed by atoms with Crippen molar-refractivity contribution >= 4 is 22.5 Å². The second kappa shape index (κ2) is 6.58. The predicted molar refractivity (Wildman–Crippen MR) is 95.2 cm³/mol. The first kappa shape index (κ1) is 15.8. The fourth-order valence-corrected chi connectivity index (χ4v) is 2.64. The SMILES string of the molecule is C/C(=N\NC(=O)Cc1c[nH]c2ccccc12)c1cc(C)ccc1O. The molecule has 1 aromatic heterocycles. The fraction of sp³-hybridized carbons (Fsp3) is 0.158. The van der Waals surface area contributed by atoms with Crippen LogP contribution in [-0.4, -0.2) is 21.7 Å². The van der Waals surface area contributed by atoms with Gasteiger partial charge in [0.2, 0.25) is 5.91 Å². The van der Waals surface area contributed by atoms with Gasteiger partial charge in [-0.15, -0.1) is 0 Å². The molecule has 1 heterocycles. The van der Waals surface area contributed by atoms with Crippen molar-refractivity contribution in [1.82, 2.24) is 10.4 Å². The quantitative estimate of drug-likeness (QED) is 0.509. The van der Waals surface area contributed by atoms with Crippen LogP contribution in [0.3, 0.4) is 0 Å². The molecule has 0 radical (unpaired) electrons. The molecule has 0 fully saturated rings. The lowest BCUT2D eigenvalue weighted by Crippen LogP contribution is -2.21. The zero-order chi connectivity index (χ0) is 17.1. The van der Waals surface area contributed by atoms with Gasteiger partial charge in [0.15, 0.2) is 0 Å². The summed E-state index contributed by atoms with van der Waals surface area (Å²) in [7, 11) is 0. The topological polar surface area (TPSA) is 77.5 Å². The van der Waals surface area contributed by atoms with E-state index in [1.807, 2.05) is 49.5 Å². The van der Waals surface area contributed by atoms with E-state index < -0.39 is 0 Å². The molecule has 0 bridgehead atoms. The summed E-state index contributed by atoms with van der Waals surface area (Å²) in [6, 6.07) is 13.1. The molecule has 0 aliphatic heterocycles. The van der Waals surface area contributed by atoms with Gasteiger partial charge in [0, 0.05) is 22.7 Å². The summed E-state index contributed by atoms with van der Waals surface area (Å²) in [5.74, 6) is -0.0565. The molecule has 24 heavy (non-hydrogen) atoms. The number of carbonyl (C=O) groups is 1. The number of phenols is 1. The monoisotopic (exact) mass is 321 g/mol. The molecule has 5 heteroatoms. The lowest BCUT2D eigenvalue weighted by molar-refractivity contribution is -0.120. The summed E-state index contributed by atoms with van der Waals surface area (Å²) in [6.45, 7) is 3.69. The highest BCUT2D eigenvalue weighted by molar-refractivity contribution is 6.01. The number of hydrazone groups is 1. The Morgan fingerprint density at radius 3 is 2.88 bits per heavy atom. The fourth-order valence-electron chi connectivity index (χ4n) is 2.64. The molecule has 0 aliphatic carbocycles. The number of carbonyl (C=O) groups excluding carboxylic acids is 1. The number of rotatable bonds is 4. The Kier molecular flexibility index (Phi) is 4.33. The van der Waals surface area contributed by atoms with Gasteiger partial charge in [-0.05, 0) is 37.6 Å². The molecule has 3 aromatic rings. The molecule has 0 atom stereocenters. The van der Waals surface area contributed by atoms with E-state index in [0.717, 1.165) is 22.0 Å². The first-order chi connectivity index (χ1) is 11.5. The molecule has 2 aromatic carbocycles. The lowest BCUT2D eigenvalue weighted by atomic mass is 10.1. The summed E-state index contributed by atoms with van der Waals surface area (Å²) in [4.78, 5) is 15.3. The van der Waals surface area contributed by atoms with E-state index in [0.29, 0.717) is 11.3 Å². The van der Waals surface area contributed by atoms with Crippen LogP contribution in [0.25, 0.3) is 10.9 Å². The van der Waals surface area contributed by atoms with Gasteiger partial charge in [0.1, 0.15) is 5.75 Å². The molecule has 122 valence electrons. The van der Waals surface area contributed by atoms with Gasteiger partial charge in [-0.2, -0.15) is 5.10 Å². The second-order valence-electron chi connectivity index (χ2n) is 5.79. The highest BCUT2D eigenvalue weighted by Gasteiger charge is 2.09. The highest BCUT2D eigenvalue weighted by Crippen LogP contribution is 2.19. The van der Waals surface area contributed by atoms with Crippen molar-refractivity contribution in [1.29, 1.82) is 0 Å². The van der Waals surface area contributed by atoms with Crippen LogP contribution in [0.2, 0.25) is 0 Å². The van der Waals surface area contributed by atoms with Gasteiger partial charge in [0.25, 0.3) is 0 Å². The number of amides is 1. The van der Waals surface area contributed by atoms with E-state index in [1.54, 1.807) is 13.0 Å². The number of benzene rings is 2. The minimum Gasteiger partial charge on any atom is -0.507 e. The van der Waals surface area contributed by atoms with Crippen LogP contribution in [0.15, 0.2) is 53.8 Å². The Balaban J connectivity index is 1.72. The van der Waals surface area contributed by atoms with Crippen molar-refractivity contribution < 1.29 is 9.90 Å². The van der Waals surface area contributed by atoms with E-state index in [4.69, 9.17) is 0 Å². The highest BCUT2D eigenvalue weighted by atomic mass is 16.3. The Labute approximate surface area is 140 Å². The molecule has 3 rings (SSSR count). The maximum Gasteiger partial charge on any atom is 0.244 e. The van der Waals surface area contributed by atoms with E-state index >= 15 is 0 Å². The molecular formula is C19H19N3O2. The zero-order valence-electron chi connectivity index (χ0n) is 13.6. The van der Waals surface area contributed by atoms with E-state index in [2.05, 4.69) is 15.5 Å². The zero-order valence-corrected chi connectivity index (χ0v) is 13.6. The molecule has 3 N–H and O–H groups in total. The molecule has 0 unspecified atom stereocenters. The van der Waals surface area contributed by atoms with Crippen LogP contribution in [-0.2, 0) is 11.2 Å². The number of phenolic OH excluding ortho intramolecular Hbond substituents is 1. The number of fused-ring (bicyclic) bond motifs is 1. The van der Waals surface area contributed by atoms with Crippen LogP contribution in [0.4, 0.5) is 0 Å². The van der Waals surface area contributed by atoms with Crippen molar-refractivity contribution in [3.63, 3.8) is 0 Å². The lowest BCUT2D eigenvalue weighted by Gasteiger charge is -2.06. The smallest absolute Gasteiger partial charge is 0.244 e. The third-order valence-corrected chi connectivity index (χ3v) is 3.92. The number of para-hydroxylation sites is 1. The standard InChI is InChI=1S/C19H19N3O2/c1-12-7-8-18(23)16(9-12)13(2)21-22-19(24)10-14-11-20-17-6-4-3-5-15(14)17/h3-9,11,20,23H,10H2,1-2H3,(H,22,24)/b21-13+. The maximum atomic E-state index is 12.1. The Hall–Kier alpha value is -3.08. The number of nitrogens with zero attached hydrogens (tertiary/aromatic N) is 1. The van der Waals surface area contributed by atoms with E-state index in [9.17, 15) is 9.90 Å². The van der Waals surface area contributed by atoms with Crippen LogP contribution < -0.4 is 5.43 Å². The second-order valence-corrected chi connectivity index (χ2v) is 5.79. The summed E-state index contributed by atoms with van der Waals surface area (Å²) >= 11 is 0. The molecule has 0 saturated heterocycles. The number of H-pyrrole nitrogens is 1. The maximum absolute atomic E-state index is 12.1. The van der Waals surface area contributed by atoms with Crippen molar-refractivity contribution in [2.24, 2.45) is 5.10 Å². The number of aromatic nitrogens is 1. The van der Waals surface area contributed by atoms with Gasteiger partial charge >= 0.3 is 0 Å². The number of hydrogen-bond acceptors (Lipinski definition) is 3. The van der Waals surface area contributed by atoms with Gasteiger partial charge in [-0.25, -0.2) is 5.43 Å². The summed E-state index contributed by atoms with van der Waals surface area (Å²) in [6.07, 6.45) is 2.08. The third-order valence-electron chi connectivity index (χ3n) is 3.92. The number of hydrogen-bond donors (Lipinski definition) is 3. The largest absolute Gasteiger partial charge is 0.507 e. The predicted octanol–water partition coefficient (Wildman–Crippen LogP) is 3.26. The van der Waals surface area contributed by atoms with Crippen molar-refractivity contribution in [3.8, 4) is 5.75 Å².